The van der Waals surface area contributed by atoms with E-state index in [1.807, 2.05) is 66.7 Å². The van der Waals surface area contributed by atoms with E-state index < -0.39 is 0 Å². The first-order chi connectivity index (χ1) is 15.7. The zero-order valence-corrected chi connectivity index (χ0v) is 18.9. The van der Waals surface area contributed by atoms with Gasteiger partial charge in [-0.05, 0) is 36.4 Å². The summed E-state index contributed by atoms with van der Waals surface area (Å²) in [6.07, 6.45) is 0. The first-order valence-electron chi connectivity index (χ1n) is 10.0. The number of fused-ring (bicyclic) bond motifs is 1. The van der Waals surface area contributed by atoms with Gasteiger partial charge in [0.05, 0.1) is 13.7 Å². The van der Waals surface area contributed by atoms with Gasteiger partial charge in [-0.2, -0.15) is 0 Å². The molecule has 2 heterocycles. The van der Waals surface area contributed by atoms with E-state index in [2.05, 4.69) is 14.8 Å². The molecule has 3 aromatic carbocycles. The number of benzene rings is 3. The van der Waals surface area contributed by atoms with E-state index in [1.54, 1.807) is 18.9 Å². The maximum atomic E-state index is 6.34. The summed E-state index contributed by atoms with van der Waals surface area (Å²) >= 11 is 7.92. The predicted octanol–water partition coefficient (Wildman–Crippen LogP) is 5.76. The third-order valence-corrected chi connectivity index (χ3v) is 6.30. The van der Waals surface area contributed by atoms with Gasteiger partial charge < -0.3 is 14.2 Å². The molecule has 0 bridgehead atoms. The second kappa shape index (κ2) is 9.24. The maximum absolute atomic E-state index is 6.34. The lowest BCUT2D eigenvalue weighted by Crippen LogP contribution is -2.13. The highest BCUT2D eigenvalue weighted by Crippen LogP contribution is 2.36. The van der Waals surface area contributed by atoms with Crippen LogP contribution < -0.4 is 9.47 Å². The molecule has 0 radical (unpaired) electrons. The quantitative estimate of drug-likeness (QED) is 0.338. The van der Waals surface area contributed by atoms with Crippen molar-refractivity contribution in [1.29, 1.82) is 0 Å². The summed E-state index contributed by atoms with van der Waals surface area (Å²) in [5.41, 5.74) is 3.91. The molecule has 0 spiro atoms. The molecule has 6 nitrogen and oxygen atoms in total. The van der Waals surface area contributed by atoms with Crippen molar-refractivity contribution in [3.63, 3.8) is 0 Å². The predicted molar refractivity (Wildman–Crippen MR) is 125 cm³/mol. The Morgan fingerprint density at radius 3 is 2.66 bits per heavy atom. The third-order valence-electron chi connectivity index (χ3n) is 5.10. The zero-order valence-electron chi connectivity index (χ0n) is 17.3. The van der Waals surface area contributed by atoms with E-state index in [9.17, 15) is 0 Å². The van der Waals surface area contributed by atoms with Crippen molar-refractivity contribution in [2.75, 3.05) is 13.9 Å². The van der Waals surface area contributed by atoms with E-state index in [4.69, 9.17) is 25.8 Å². The van der Waals surface area contributed by atoms with Crippen LogP contribution in [0.1, 0.15) is 11.1 Å². The summed E-state index contributed by atoms with van der Waals surface area (Å²) in [6, 6.07) is 21.7. The topological polar surface area (TPSA) is 58.4 Å². The Bertz CT molecular complexity index is 1230. The Balaban J connectivity index is 1.52. The minimum absolute atomic E-state index is 0.243. The van der Waals surface area contributed by atoms with Gasteiger partial charge in [0.25, 0.3) is 0 Å². The third kappa shape index (κ3) is 4.19. The van der Waals surface area contributed by atoms with Crippen LogP contribution in [0.2, 0.25) is 5.02 Å². The summed E-state index contributed by atoms with van der Waals surface area (Å²) in [6.45, 7) is 0.736. The van der Waals surface area contributed by atoms with Crippen LogP contribution in [0.3, 0.4) is 0 Å². The lowest BCUT2D eigenvalue weighted by atomic mass is 10.1. The first kappa shape index (κ1) is 20.9. The molecule has 0 unspecified atom stereocenters. The molecule has 32 heavy (non-hydrogen) atoms. The normalized spacial score (nSPS) is 12.8. The zero-order chi connectivity index (χ0) is 21.9. The summed E-state index contributed by atoms with van der Waals surface area (Å²) in [4.78, 5) is 0. The number of halogens is 1. The molecule has 8 heteroatoms. The van der Waals surface area contributed by atoms with Gasteiger partial charge in [-0.1, -0.05) is 53.7 Å². The van der Waals surface area contributed by atoms with Gasteiger partial charge in [0.2, 0.25) is 0 Å². The molecule has 1 aliphatic heterocycles. The largest absolute Gasteiger partial charge is 0.497 e. The lowest BCUT2D eigenvalue weighted by Gasteiger charge is -2.21. The summed E-state index contributed by atoms with van der Waals surface area (Å²) < 4.78 is 18.5. The minimum Gasteiger partial charge on any atom is -0.497 e. The Kier molecular flexibility index (Phi) is 6.03. The number of hydrogen-bond acceptors (Lipinski definition) is 6. The summed E-state index contributed by atoms with van der Waals surface area (Å²) in [5.74, 6) is 3.04. The molecule has 1 aromatic heterocycles. The number of thioether (sulfide) groups is 1. The van der Waals surface area contributed by atoms with Crippen LogP contribution >= 0.6 is 23.4 Å². The molecular weight excluding hydrogens is 446 g/mol. The number of aromatic nitrogens is 3. The number of hydrogen-bond donors (Lipinski definition) is 0. The van der Waals surface area contributed by atoms with E-state index in [0.29, 0.717) is 17.4 Å². The van der Waals surface area contributed by atoms with Crippen LogP contribution in [-0.2, 0) is 17.1 Å². The van der Waals surface area contributed by atoms with Crippen molar-refractivity contribution in [3.05, 3.63) is 82.9 Å². The highest BCUT2D eigenvalue weighted by atomic mass is 35.5. The van der Waals surface area contributed by atoms with E-state index in [1.165, 1.54) is 0 Å². The van der Waals surface area contributed by atoms with Gasteiger partial charge in [-0.15, -0.1) is 10.2 Å². The smallest absolute Gasteiger partial charge is 0.196 e. The fourth-order valence-electron chi connectivity index (χ4n) is 3.61. The first-order valence-corrected chi connectivity index (χ1v) is 11.4. The maximum Gasteiger partial charge on any atom is 0.196 e. The van der Waals surface area contributed by atoms with Gasteiger partial charge in [0.1, 0.15) is 11.5 Å². The van der Waals surface area contributed by atoms with Gasteiger partial charge in [0.15, 0.2) is 17.8 Å². The monoisotopic (exact) mass is 465 g/mol. The molecular formula is C24H20ClN3O3S. The second-order valence-electron chi connectivity index (χ2n) is 7.16. The Hall–Kier alpha value is -3.00. The molecule has 0 amide bonds. The van der Waals surface area contributed by atoms with Crippen molar-refractivity contribution in [2.45, 2.75) is 17.5 Å². The van der Waals surface area contributed by atoms with Crippen LogP contribution in [0.5, 0.6) is 11.5 Å². The number of rotatable bonds is 6. The van der Waals surface area contributed by atoms with Gasteiger partial charge in [-0.3, -0.25) is 4.57 Å². The average Bonchev–Trinajstić information content (AvgIpc) is 3.27. The molecule has 1 aliphatic rings. The molecule has 0 saturated heterocycles. The molecule has 0 atom stereocenters. The van der Waals surface area contributed by atoms with Crippen LogP contribution in [0.15, 0.2) is 71.9 Å². The molecule has 0 fully saturated rings. The van der Waals surface area contributed by atoms with E-state index in [0.717, 1.165) is 44.9 Å². The van der Waals surface area contributed by atoms with Crippen LogP contribution in [0.25, 0.3) is 17.1 Å². The van der Waals surface area contributed by atoms with Crippen LogP contribution in [0.4, 0.5) is 0 Å². The Morgan fingerprint density at radius 2 is 1.88 bits per heavy atom. The SMILES string of the molecule is COc1ccc(-n2c(SCc3cc(Cl)cc4c3OCOC4)nnc2-c2ccccc2)cc1. The highest BCUT2D eigenvalue weighted by molar-refractivity contribution is 7.98. The molecule has 5 rings (SSSR count). The molecule has 0 aliphatic carbocycles. The van der Waals surface area contributed by atoms with Crippen molar-refractivity contribution in [3.8, 4) is 28.6 Å². The standard InChI is InChI=1S/C24H20ClN3O3S/c1-29-21-9-7-20(8-10-21)28-23(16-5-3-2-4-6-16)26-27-24(28)32-14-18-12-19(25)11-17-13-30-15-31-22(17)18/h2-12H,13-15H2,1H3. The van der Waals surface area contributed by atoms with Crippen molar-refractivity contribution >= 4 is 23.4 Å². The van der Waals surface area contributed by atoms with Crippen molar-refractivity contribution < 1.29 is 14.2 Å². The summed E-state index contributed by atoms with van der Waals surface area (Å²) in [7, 11) is 1.66. The Labute approximate surface area is 195 Å². The fraction of sp³-hybridized carbons (Fsp3) is 0.167. The molecule has 0 N–H and O–H groups in total. The minimum atomic E-state index is 0.243. The van der Waals surface area contributed by atoms with Crippen LogP contribution in [-0.4, -0.2) is 28.7 Å². The molecule has 4 aromatic rings. The van der Waals surface area contributed by atoms with Gasteiger partial charge >= 0.3 is 0 Å². The Morgan fingerprint density at radius 1 is 1.06 bits per heavy atom. The van der Waals surface area contributed by atoms with Gasteiger partial charge in [0, 0.05) is 33.2 Å². The van der Waals surface area contributed by atoms with Crippen molar-refractivity contribution in [1.82, 2.24) is 14.8 Å². The van der Waals surface area contributed by atoms with E-state index in [-0.39, 0.29) is 6.79 Å². The lowest BCUT2D eigenvalue weighted by molar-refractivity contribution is -0.0168. The van der Waals surface area contributed by atoms with Crippen LogP contribution in [0, 0.1) is 0 Å². The summed E-state index contributed by atoms with van der Waals surface area (Å²) in [5, 5.41) is 10.4. The number of ether oxygens (including phenoxy) is 3. The molecule has 0 saturated carbocycles. The second-order valence-corrected chi connectivity index (χ2v) is 8.54. The fourth-order valence-corrected chi connectivity index (χ4v) is 4.79. The number of methoxy groups -OCH3 is 1. The highest BCUT2D eigenvalue weighted by Gasteiger charge is 2.20. The van der Waals surface area contributed by atoms with Gasteiger partial charge in [-0.25, -0.2) is 0 Å². The van der Waals surface area contributed by atoms with E-state index >= 15 is 0 Å². The molecule has 162 valence electrons. The number of nitrogens with zero attached hydrogens (tertiary/aromatic N) is 3. The van der Waals surface area contributed by atoms with Crippen molar-refractivity contribution in [2.24, 2.45) is 0 Å². The average molecular weight is 466 g/mol.